The van der Waals surface area contributed by atoms with Crippen molar-refractivity contribution in [3.63, 3.8) is 0 Å². The Morgan fingerprint density at radius 2 is 1.86 bits per heavy atom. The summed E-state index contributed by atoms with van der Waals surface area (Å²) in [6, 6.07) is 2.08. The third-order valence-corrected chi connectivity index (χ3v) is 5.18. The molecular weight excluding hydrogens is 268 g/mol. The van der Waals surface area contributed by atoms with Crippen LogP contribution in [0.3, 0.4) is 0 Å². The van der Waals surface area contributed by atoms with E-state index in [4.69, 9.17) is 9.47 Å². The lowest BCUT2D eigenvalue weighted by atomic mass is 9.62. The number of benzene rings is 1. The summed E-state index contributed by atoms with van der Waals surface area (Å²) >= 11 is 0. The summed E-state index contributed by atoms with van der Waals surface area (Å²) in [4.78, 5) is 12.0. The van der Waals surface area contributed by atoms with Crippen molar-refractivity contribution < 1.29 is 19.4 Å². The fraction of sp³-hybridized carbons (Fsp3) is 0.588. The number of carboxylic acid groups (broad SMARTS) is 1. The second-order valence-corrected chi connectivity index (χ2v) is 6.36. The fourth-order valence-corrected chi connectivity index (χ4v) is 3.93. The molecule has 1 aliphatic carbocycles. The molecule has 0 saturated heterocycles. The molecule has 2 heterocycles. The maximum Gasteiger partial charge on any atom is 0.314 e. The van der Waals surface area contributed by atoms with Gasteiger partial charge in [0.15, 0.2) is 0 Å². The summed E-state index contributed by atoms with van der Waals surface area (Å²) in [6.45, 7) is 1.42. The topological polar surface area (TPSA) is 55.8 Å². The molecular formula is C17H20O4. The SMILES string of the molecule is O=C(O)C1(c2c3c(cc4c2OCCC4)OCCC3)CCC1. The van der Waals surface area contributed by atoms with Crippen LogP contribution in [0.5, 0.6) is 11.5 Å². The van der Waals surface area contributed by atoms with Crippen LogP contribution in [-0.2, 0) is 23.1 Å². The molecule has 0 radical (unpaired) electrons. The average molecular weight is 288 g/mol. The minimum atomic E-state index is -0.743. The monoisotopic (exact) mass is 288 g/mol. The predicted octanol–water partition coefficient (Wildman–Crippen LogP) is 2.84. The van der Waals surface area contributed by atoms with Crippen LogP contribution < -0.4 is 9.47 Å². The van der Waals surface area contributed by atoms with Gasteiger partial charge in [-0.2, -0.15) is 0 Å². The molecule has 112 valence electrons. The van der Waals surface area contributed by atoms with E-state index in [9.17, 15) is 9.90 Å². The highest BCUT2D eigenvalue weighted by Gasteiger charge is 2.50. The normalized spacial score (nSPS) is 22.1. The van der Waals surface area contributed by atoms with Crippen molar-refractivity contribution in [3.8, 4) is 11.5 Å². The first-order chi connectivity index (χ1) is 10.2. The van der Waals surface area contributed by atoms with E-state index in [-0.39, 0.29) is 0 Å². The molecule has 3 aliphatic rings. The molecule has 1 N–H and O–H groups in total. The number of hydrogen-bond donors (Lipinski definition) is 1. The highest BCUT2D eigenvalue weighted by molar-refractivity contribution is 5.85. The Morgan fingerprint density at radius 3 is 2.57 bits per heavy atom. The molecule has 0 spiro atoms. The zero-order valence-corrected chi connectivity index (χ0v) is 12.1. The zero-order valence-electron chi connectivity index (χ0n) is 12.1. The number of hydrogen-bond acceptors (Lipinski definition) is 3. The van der Waals surface area contributed by atoms with Crippen LogP contribution in [0.25, 0.3) is 0 Å². The first kappa shape index (κ1) is 13.0. The smallest absolute Gasteiger partial charge is 0.314 e. The van der Waals surface area contributed by atoms with E-state index in [1.165, 1.54) is 0 Å². The van der Waals surface area contributed by atoms with Crippen molar-refractivity contribution in [2.24, 2.45) is 0 Å². The molecule has 0 aromatic heterocycles. The summed E-state index contributed by atoms with van der Waals surface area (Å²) in [5, 5.41) is 9.84. The maximum absolute atomic E-state index is 12.0. The van der Waals surface area contributed by atoms with Crippen LogP contribution in [0, 0.1) is 0 Å². The van der Waals surface area contributed by atoms with E-state index in [2.05, 4.69) is 6.07 Å². The van der Waals surface area contributed by atoms with Gasteiger partial charge in [-0.3, -0.25) is 4.79 Å². The van der Waals surface area contributed by atoms with Gasteiger partial charge >= 0.3 is 5.97 Å². The van der Waals surface area contributed by atoms with Crippen LogP contribution >= 0.6 is 0 Å². The lowest BCUT2D eigenvalue weighted by Crippen LogP contribution is -2.44. The van der Waals surface area contributed by atoms with Gasteiger partial charge in [0.05, 0.1) is 18.6 Å². The standard InChI is InChI=1S/C17H20O4/c18-16(19)17(6-3-7-17)14-12-5-2-8-20-13(12)10-11-4-1-9-21-15(11)14/h10H,1-9H2,(H,18,19). The van der Waals surface area contributed by atoms with Crippen LogP contribution in [0.4, 0.5) is 0 Å². The molecule has 4 heteroatoms. The Balaban J connectivity index is 1.97. The van der Waals surface area contributed by atoms with Gasteiger partial charge in [0.2, 0.25) is 0 Å². The summed E-state index contributed by atoms with van der Waals surface area (Å²) in [6.07, 6.45) is 6.21. The quantitative estimate of drug-likeness (QED) is 0.909. The number of aliphatic carboxylic acids is 1. The first-order valence-electron chi connectivity index (χ1n) is 7.90. The zero-order chi connectivity index (χ0) is 14.4. The van der Waals surface area contributed by atoms with Crippen molar-refractivity contribution >= 4 is 5.97 Å². The fourth-order valence-electron chi connectivity index (χ4n) is 3.93. The highest BCUT2D eigenvalue weighted by Crippen LogP contribution is 2.53. The molecule has 21 heavy (non-hydrogen) atoms. The van der Waals surface area contributed by atoms with E-state index in [0.717, 1.165) is 66.9 Å². The number of rotatable bonds is 2. The van der Waals surface area contributed by atoms with E-state index < -0.39 is 11.4 Å². The Kier molecular flexibility index (Phi) is 2.88. The largest absolute Gasteiger partial charge is 0.493 e. The molecule has 4 nitrogen and oxygen atoms in total. The van der Waals surface area contributed by atoms with Gasteiger partial charge in [-0.25, -0.2) is 0 Å². The molecule has 1 aromatic rings. The van der Waals surface area contributed by atoms with Crippen LogP contribution in [-0.4, -0.2) is 24.3 Å². The summed E-state index contributed by atoms with van der Waals surface area (Å²) in [7, 11) is 0. The summed E-state index contributed by atoms with van der Waals surface area (Å²) in [5.74, 6) is 1.05. The van der Waals surface area contributed by atoms with Gasteiger partial charge < -0.3 is 14.6 Å². The number of aryl methyl sites for hydroxylation is 1. The van der Waals surface area contributed by atoms with Crippen molar-refractivity contribution in [3.05, 3.63) is 22.8 Å². The second-order valence-electron chi connectivity index (χ2n) is 6.36. The Hall–Kier alpha value is -1.71. The van der Waals surface area contributed by atoms with Gasteiger partial charge in [-0.1, -0.05) is 6.42 Å². The van der Waals surface area contributed by atoms with Crippen molar-refractivity contribution in [1.82, 2.24) is 0 Å². The van der Waals surface area contributed by atoms with Crippen molar-refractivity contribution in [2.75, 3.05) is 13.2 Å². The molecule has 0 atom stereocenters. The van der Waals surface area contributed by atoms with E-state index in [1.54, 1.807) is 0 Å². The molecule has 4 rings (SSSR count). The van der Waals surface area contributed by atoms with Gasteiger partial charge in [0.1, 0.15) is 11.5 Å². The Labute approximate surface area is 124 Å². The lowest BCUT2D eigenvalue weighted by Gasteiger charge is -2.42. The molecule has 1 fully saturated rings. The van der Waals surface area contributed by atoms with Gasteiger partial charge in [0, 0.05) is 11.1 Å². The highest BCUT2D eigenvalue weighted by atomic mass is 16.5. The van der Waals surface area contributed by atoms with Crippen LogP contribution in [0.15, 0.2) is 6.07 Å². The lowest BCUT2D eigenvalue weighted by molar-refractivity contribution is -0.147. The average Bonchev–Trinajstić information content (AvgIpc) is 2.45. The van der Waals surface area contributed by atoms with E-state index in [0.29, 0.717) is 19.4 Å². The summed E-state index contributed by atoms with van der Waals surface area (Å²) in [5.41, 5.74) is 2.41. The molecule has 0 unspecified atom stereocenters. The summed E-state index contributed by atoms with van der Waals surface area (Å²) < 4.78 is 11.8. The Bertz CT molecular complexity index is 567. The predicted molar refractivity (Wildman–Crippen MR) is 77.2 cm³/mol. The van der Waals surface area contributed by atoms with Gasteiger partial charge in [-0.05, 0) is 50.2 Å². The number of ether oxygens (including phenoxy) is 2. The van der Waals surface area contributed by atoms with E-state index in [1.807, 2.05) is 0 Å². The molecule has 2 aliphatic heterocycles. The molecule has 0 amide bonds. The second kappa shape index (κ2) is 4.65. The van der Waals surface area contributed by atoms with E-state index >= 15 is 0 Å². The van der Waals surface area contributed by atoms with Crippen molar-refractivity contribution in [1.29, 1.82) is 0 Å². The first-order valence-corrected chi connectivity index (χ1v) is 7.90. The van der Waals surface area contributed by atoms with Gasteiger partial charge in [-0.15, -0.1) is 0 Å². The number of carboxylic acids is 1. The number of fused-ring (bicyclic) bond motifs is 2. The molecule has 0 bridgehead atoms. The minimum Gasteiger partial charge on any atom is -0.493 e. The Morgan fingerprint density at radius 1 is 1.10 bits per heavy atom. The van der Waals surface area contributed by atoms with Crippen molar-refractivity contribution in [2.45, 2.75) is 50.4 Å². The van der Waals surface area contributed by atoms with Crippen LogP contribution in [0.2, 0.25) is 0 Å². The third-order valence-electron chi connectivity index (χ3n) is 5.18. The van der Waals surface area contributed by atoms with Crippen LogP contribution in [0.1, 0.15) is 48.8 Å². The number of carbonyl (C=O) groups is 1. The minimum absolute atomic E-state index is 0.690. The third kappa shape index (κ3) is 1.78. The molecule has 1 aromatic carbocycles. The van der Waals surface area contributed by atoms with Gasteiger partial charge in [0.25, 0.3) is 0 Å². The molecule has 1 saturated carbocycles. The maximum atomic E-state index is 12.0.